The molecule has 21 heteroatoms. The molecule has 2 heterocycles. The van der Waals surface area contributed by atoms with Gasteiger partial charge in [0.15, 0.2) is 5.69 Å². The first-order valence-corrected chi connectivity index (χ1v) is 14.9. The number of carbonyl (C=O) groups excluding carboxylic acids is 2. The maximum Gasteiger partial charge on any atom is 2.00 e. The van der Waals surface area contributed by atoms with Gasteiger partial charge in [-0.3, -0.25) is 39.5 Å². The van der Waals surface area contributed by atoms with Crippen LogP contribution in [0, 0.1) is 49.8 Å². The molecule has 277 valence electrons. The number of azo groups is 1. The Hall–Kier alpha value is -6.96. The number of imide groups is 1. The van der Waals surface area contributed by atoms with Gasteiger partial charge in [0.2, 0.25) is 0 Å². The molecule has 0 fully saturated rings. The normalized spacial score (nSPS) is 13.1. The van der Waals surface area contributed by atoms with Crippen molar-refractivity contribution in [3.8, 4) is 29.5 Å². The van der Waals surface area contributed by atoms with Gasteiger partial charge in [-0.1, -0.05) is 6.07 Å². The Morgan fingerprint density at radius 1 is 0.868 bits per heavy atom. The number of ether oxygens (including phenoxy) is 2. The Morgan fingerprint density at radius 3 is 1.96 bits per heavy atom. The van der Waals surface area contributed by atoms with Gasteiger partial charge in [-0.2, -0.15) is 10.5 Å². The van der Waals surface area contributed by atoms with Gasteiger partial charge in [0, 0.05) is 24.2 Å². The number of hydrogen-bond acceptors (Lipinski definition) is 15. The molecule has 1 aromatic heterocycles. The zero-order chi connectivity index (χ0) is 38.9. The summed E-state index contributed by atoms with van der Waals surface area (Å²) in [6.45, 7) is 6.06. The van der Waals surface area contributed by atoms with Crippen LogP contribution in [-0.2, 0) is 33.2 Å². The zero-order valence-corrected chi connectivity index (χ0v) is 29.7. The predicted molar refractivity (Wildman–Crippen MR) is 180 cm³/mol. The Balaban J connectivity index is 0.000000360. The maximum absolute atomic E-state index is 12.4. The van der Waals surface area contributed by atoms with Gasteiger partial charge in [0.05, 0.1) is 41.9 Å². The van der Waals surface area contributed by atoms with E-state index < -0.39 is 33.1 Å². The van der Waals surface area contributed by atoms with Crippen LogP contribution in [0.5, 0.6) is 17.4 Å². The number of pyridine rings is 1. The van der Waals surface area contributed by atoms with Crippen molar-refractivity contribution in [3.63, 3.8) is 0 Å². The van der Waals surface area contributed by atoms with Gasteiger partial charge < -0.3 is 29.7 Å². The predicted octanol–water partition coefficient (Wildman–Crippen LogP) is 4.64. The van der Waals surface area contributed by atoms with Crippen LogP contribution in [0.2, 0.25) is 0 Å². The van der Waals surface area contributed by atoms with Gasteiger partial charge in [-0.15, -0.1) is 10.2 Å². The van der Waals surface area contributed by atoms with Crippen LogP contribution in [0.1, 0.15) is 31.9 Å². The first kappa shape index (κ1) is 42.2. The molecule has 0 aliphatic carbocycles. The van der Waals surface area contributed by atoms with Crippen molar-refractivity contribution in [1.29, 1.82) is 10.5 Å². The summed E-state index contributed by atoms with van der Waals surface area (Å²) in [7, 11) is 2.73. The molecule has 4 rings (SSSR count). The number of nitro groups is 2. The summed E-state index contributed by atoms with van der Waals surface area (Å²) in [4.78, 5) is 58.5. The molecule has 0 atom stereocenters. The molecule has 0 saturated carbocycles. The third-order valence-corrected chi connectivity index (χ3v) is 7.40. The van der Waals surface area contributed by atoms with Gasteiger partial charge in [0.25, 0.3) is 28.7 Å². The van der Waals surface area contributed by atoms with Gasteiger partial charge in [0.1, 0.15) is 40.5 Å². The van der Waals surface area contributed by atoms with Crippen molar-refractivity contribution >= 4 is 46.0 Å². The SMILES string of the molecule is CCN1C(=O)C(C#N)=C(C)/C(=N/[N-]c2ccc(OC)cc2[N+](=O)[O-])C1=O.CCn1c([O-])c(N=Nc2ccc(OC)cc2[N+](=O)[O-])c(C)c(C#N)c1=O.[Cu+2]. The zero-order valence-electron chi connectivity index (χ0n) is 28.7. The fraction of sp³-hybridized carbons (Fsp3) is 0.250. The summed E-state index contributed by atoms with van der Waals surface area (Å²) in [5.74, 6) is -1.60. The fourth-order valence-corrected chi connectivity index (χ4v) is 4.59. The monoisotopic (exact) mass is 775 g/mol. The van der Waals surface area contributed by atoms with Crippen LogP contribution >= 0.6 is 0 Å². The number of carbonyl (C=O) groups is 2. The van der Waals surface area contributed by atoms with Crippen molar-refractivity contribution < 1.29 is 51.1 Å². The van der Waals surface area contributed by atoms with Gasteiger partial charge >= 0.3 is 17.1 Å². The smallest absolute Gasteiger partial charge is 0.858 e. The summed E-state index contributed by atoms with van der Waals surface area (Å²) in [6.07, 6.45) is 0. The van der Waals surface area contributed by atoms with E-state index in [1.165, 1.54) is 64.5 Å². The molecule has 0 N–H and O–H groups in total. The average molecular weight is 776 g/mol. The second-order valence-electron chi connectivity index (χ2n) is 10.3. The van der Waals surface area contributed by atoms with Crippen molar-refractivity contribution in [2.45, 2.75) is 34.2 Å². The van der Waals surface area contributed by atoms with Crippen molar-refractivity contribution in [2.75, 3.05) is 20.8 Å². The molecule has 0 spiro atoms. The quantitative estimate of drug-likeness (QED) is 0.0894. The van der Waals surface area contributed by atoms with Crippen LogP contribution in [0.3, 0.4) is 0 Å². The summed E-state index contributed by atoms with van der Waals surface area (Å²) in [5.41, 5.74) is 1.46. The third-order valence-electron chi connectivity index (χ3n) is 7.40. The van der Waals surface area contributed by atoms with Crippen LogP contribution in [0.25, 0.3) is 5.43 Å². The molecule has 1 aliphatic rings. The first-order chi connectivity index (χ1) is 24.7. The molecular weight excluding hydrogens is 748 g/mol. The number of nitrogens with zero attached hydrogens (tertiary/aromatic N) is 10. The second-order valence-corrected chi connectivity index (χ2v) is 10.3. The Kier molecular flexibility index (Phi) is 14.6. The van der Waals surface area contributed by atoms with Crippen LogP contribution < -0.4 is 20.1 Å². The number of amides is 2. The summed E-state index contributed by atoms with van der Waals surface area (Å²) in [5, 5.41) is 64.4. The number of hydrogen-bond donors (Lipinski definition) is 0. The summed E-state index contributed by atoms with van der Waals surface area (Å²) in [6, 6.07) is 11.4. The van der Waals surface area contributed by atoms with E-state index in [4.69, 9.17) is 20.0 Å². The number of nitro benzene ring substituents is 2. The number of aromatic nitrogens is 1. The van der Waals surface area contributed by atoms with Crippen LogP contribution in [0.4, 0.5) is 28.4 Å². The standard InChI is InChI=1S/2C16H15N5O5.Cu/c2*1-4-20-15(22)11(8-17)9(2)14(16(20)23)19-18-12-6-5-10(26-3)7-13(12)21(24)25;/h5-7H,4H2,1-3H3,(H,18,22,23);5-7,23H,4H2,1-3H3;/q;;+2/p-2. The molecule has 1 aliphatic heterocycles. The van der Waals surface area contributed by atoms with Crippen molar-refractivity contribution in [3.05, 3.63) is 94.7 Å². The number of nitriles is 2. The van der Waals surface area contributed by atoms with Crippen LogP contribution in [-0.4, -0.2) is 57.6 Å². The molecule has 53 heavy (non-hydrogen) atoms. The number of benzene rings is 2. The number of likely N-dealkylation sites (N-methyl/N-ethyl adjacent to an activating group) is 1. The maximum atomic E-state index is 12.4. The second kappa shape index (κ2) is 18.3. The van der Waals surface area contributed by atoms with E-state index in [0.29, 0.717) is 0 Å². The van der Waals surface area contributed by atoms with E-state index in [-0.39, 0.29) is 98.1 Å². The largest absolute Gasteiger partial charge is 2.00 e. The molecule has 2 amide bonds. The van der Waals surface area contributed by atoms with E-state index in [2.05, 4.69) is 20.8 Å². The Labute approximate surface area is 311 Å². The average Bonchev–Trinajstić information content (AvgIpc) is 3.12. The third kappa shape index (κ3) is 8.86. The van der Waals surface area contributed by atoms with Crippen LogP contribution in [0.15, 0.2) is 67.7 Å². The summed E-state index contributed by atoms with van der Waals surface area (Å²) >= 11 is 0. The van der Waals surface area contributed by atoms with Gasteiger partial charge in [-0.25, -0.2) is 0 Å². The molecule has 0 saturated heterocycles. The minimum atomic E-state index is -0.714. The molecule has 1 radical (unpaired) electrons. The fourth-order valence-electron chi connectivity index (χ4n) is 4.59. The minimum absolute atomic E-state index is 0. The Bertz CT molecular complexity index is 2220. The van der Waals surface area contributed by atoms with Crippen molar-refractivity contribution in [1.82, 2.24) is 9.47 Å². The van der Waals surface area contributed by atoms with E-state index >= 15 is 0 Å². The molecule has 3 aromatic rings. The van der Waals surface area contributed by atoms with Gasteiger partial charge in [-0.05, 0) is 57.5 Å². The van der Waals surface area contributed by atoms with Crippen molar-refractivity contribution in [2.24, 2.45) is 15.3 Å². The molecule has 0 bridgehead atoms. The summed E-state index contributed by atoms with van der Waals surface area (Å²) < 4.78 is 10.7. The molecule has 2 aromatic carbocycles. The van der Waals surface area contributed by atoms with E-state index in [9.17, 15) is 39.7 Å². The molecule has 20 nitrogen and oxygen atoms in total. The minimum Gasteiger partial charge on any atom is -0.858 e. The Morgan fingerprint density at radius 2 is 1.45 bits per heavy atom. The first-order valence-electron chi connectivity index (χ1n) is 14.9. The number of methoxy groups -OCH3 is 2. The topological polar surface area (TPSA) is 286 Å². The molecular formula is C32H28CuN10O10. The van der Waals surface area contributed by atoms with E-state index in [1.54, 1.807) is 26.0 Å². The van der Waals surface area contributed by atoms with E-state index in [1.807, 2.05) is 0 Å². The number of rotatable bonds is 10. The molecule has 0 unspecified atom stereocenters. The van der Waals surface area contributed by atoms with E-state index in [0.717, 1.165) is 9.47 Å².